The highest BCUT2D eigenvalue weighted by atomic mass is 127. The van der Waals surface area contributed by atoms with Gasteiger partial charge in [-0.3, -0.25) is 4.99 Å². The van der Waals surface area contributed by atoms with Gasteiger partial charge in [-0.05, 0) is 46.9 Å². The van der Waals surface area contributed by atoms with Gasteiger partial charge in [-0.2, -0.15) is 0 Å². The van der Waals surface area contributed by atoms with Crippen LogP contribution in [0.2, 0.25) is 0 Å². The number of benzene rings is 1. The van der Waals surface area contributed by atoms with E-state index in [9.17, 15) is 0 Å². The first-order valence-electron chi connectivity index (χ1n) is 7.51. The Morgan fingerprint density at radius 2 is 1.77 bits per heavy atom. The summed E-state index contributed by atoms with van der Waals surface area (Å²) in [6.07, 6.45) is 1.02. The van der Waals surface area contributed by atoms with Crippen LogP contribution in [0.5, 0.6) is 0 Å². The van der Waals surface area contributed by atoms with Crippen molar-refractivity contribution in [2.75, 3.05) is 27.7 Å². The molecule has 0 aliphatic heterocycles. The summed E-state index contributed by atoms with van der Waals surface area (Å²) in [6, 6.07) is 11.0. The van der Waals surface area contributed by atoms with Crippen LogP contribution in [0, 0.1) is 0 Å². The SMILES string of the molecule is CN=C(NCC(Cc1ccccc1)N(C)C)NC(C)(C)C.I. The number of halogens is 1. The molecule has 2 N–H and O–H groups in total. The number of nitrogens with one attached hydrogen (secondary N) is 2. The van der Waals surface area contributed by atoms with Crippen LogP contribution in [0.15, 0.2) is 35.3 Å². The molecule has 4 nitrogen and oxygen atoms in total. The maximum atomic E-state index is 4.29. The first-order chi connectivity index (χ1) is 9.81. The predicted octanol–water partition coefficient (Wildman–Crippen LogP) is 2.74. The lowest BCUT2D eigenvalue weighted by Crippen LogP contribution is -2.51. The molecule has 1 atom stereocenters. The maximum Gasteiger partial charge on any atom is 0.191 e. The quantitative estimate of drug-likeness (QED) is 0.439. The molecule has 0 heterocycles. The Labute approximate surface area is 152 Å². The van der Waals surface area contributed by atoms with E-state index in [0.29, 0.717) is 6.04 Å². The molecule has 0 spiro atoms. The average Bonchev–Trinajstić information content (AvgIpc) is 2.41. The standard InChI is InChI=1S/C17H30N4.HI/c1-17(2,3)20-16(18-4)19-13-15(21(5)6)12-14-10-8-7-9-11-14;/h7-11,15H,12-13H2,1-6H3,(H2,18,19,20);1H. The van der Waals surface area contributed by atoms with Crippen LogP contribution in [-0.2, 0) is 6.42 Å². The number of hydrogen-bond donors (Lipinski definition) is 2. The van der Waals surface area contributed by atoms with Gasteiger partial charge in [0.2, 0.25) is 0 Å². The van der Waals surface area contributed by atoms with Gasteiger partial charge >= 0.3 is 0 Å². The van der Waals surface area contributed by atoms with Gasteiger partial charge in [0.15, 0.2) is 5.96 Å². The first kappa shape index (κ1) is 21.2. The monoisotopic (exact) mass is 418 g/mol. The third kappa shape index (κ3) is 8.58. The summed E-state index contributed by atoms with van der Waals surface area (Å²) in [5.41, 5.74) is 1.37. The van der Waals surface area contributed by atoms with Crippen LogP contribution in [0.3, 0.4) is 0 Å². The fourth-order valence-electron chi connectivity index (χ4n) is 2.07. The second-order valence-corrected chi connectivity index (χ2v) is 6.64. The van der Waals surface area contributed by atoms with Gasteiger partial charge < -0.3 is 15.5 Å². The molecule has 0 amide bonds. The minimum Gasteiger partial charge on any atom is -0.355 e. The van der Waals surface area contributed by atoms with Gasteiger partial charge in [0.1, 0.15) is 0 Å². The highest BCUT2D eigenvalue weighted by Crippen LogP contribution is 2.06. The average molecular weight is 418 g/mol. The first-order valence-corrected chi connectivity index (χ1v) is 7.51. The van der Waals surface area contributed by atoms with Crippen LogP contribution >= 0.6 is 24.0 Å². The lowest BCUT2D eigenvalue weighted by molar-refractivity contribution is 0.289. The topological polar surface area (TPSA) is 39.7 Å². The summed E-state index contributed by atoms with van der Waals surface area (Å²) < 4.78 is 0. The zero-order valence-electron chi connectivity index (χ0n) is 14.7. The minimum atomic E-state index is 0. The number of nitrogens with zero attached hydrogens (tertiary/aromatic N) is 2. The molecule has 1 rings (SSSR count). The zero-order valence-corrected chi connectivity index (χ0v) is 17.0. The Bertz CT molecular complexity index is 438. The fraction of sp³-hybridized carbons (Fsp3) is 0.588. The van der Waals surface area contributed by atoms with Crippen molar-refractivity contribution < 1.29 is 0 Å². The van der Waals surface area contributed by atoms with Gasteiger partial charge in [0, 0.05) is 25.2 Å². The smallest absolute Gasteiger partial charge is 0.191 e. The molecule has 1 aromatic rings. The number of hydrogen-bond acceptors (Lipinski definition) is 2. The Morgan fingerprint density at radius 3 is 2.23 bits per heavy atom. The number of rotatable bonds is 5. The summed E-state index contributed by atoms with van der Waals surface area (Å²) in [6.45, 7) is 7.26. The fourth-order valence-corrected chi connectivity index (χ4v) is 2.07. The molecule has 1 unspecified atom stereocenters. The largest absolute Gasteiger partial charge is 0.355 e. The number of guanidine groups is 1. The lowest BCUT2D eigenvalue weighted by atomic mass is 10.1. The van der Waals surface area contributed by atoms with E-state index in [4.69, 9.17) is 0 Å². The minimum absolute atomic E-state index is 0. The van der Waals surface area contributed by atoms with E-state index in [0.717, 1.165) is 18.9 Å². The van der Waals surface area contributed by atoms with Gasteiger partial charge in [-0.15, -0.1) is 24.0 Å². The zero-order chi connectivity index (χ0) is 15.9. The second kappa shape index (κ2) is 10.0. The molecular formula is C17H31IN4. The summed E-state index contributed by atoms with van der Waals surface area (Å²) in [5.74, 6) is 0.849. The predicted molar refractivity (Wildman–Crippen MR) is 107 cm³/mol. The van der Waals surface area contributed by atoms with Crippen molar-refractivity contribution in [3.63, 3.8) is 0 Å². The van der Waals surface area contributed by atoms with Crippen molar-refractivity contribution in [3.8, 4) is 0 Å². The molecule has 1 aromatic carbocycles. The summed E-state index contributed by atoms with van der Waals surface area (Å²) in [7, 11) is 6.05. The summed E-state index contributed by atoms with van der Waals surface area (Å²) in [5, 5.41) is 6.81. The number of aliphatic imine (C=N–C) groups is 1. The van der Waals surface area contributed by atoms with Crippen LogP contribution in [0.1, 0.15) is 26.3 Å². The van der Waals surface area contributed by atoms with Crippen molar-refractivity contribution in [2.45, 2.75) is 38.8 Å². The molecule has 0 saturated heterocycles. The molecule has 0 fully saturated rings. The highest BCUT2D eigenvalue weighted by molar-refractivity contribution is 14.0. The Hall–Kier alpha value is -0.820. The maximum absolute atomic E-state index is 4.29. The van der Waals surface area contributed by atoms with E-state index in [2.05, 4.69) is 85.7 Å². The molecule has 0 bridgehead atoms. The number of likely N-dealkylation sites (N-methyl/N-ethyl adjacent to an activating group) is 1. The molecule has 22 heavy (non-hydrogen) atoms. The van der Waals surface area contributed by atoms with Crippen molar-refractivity contribution in [1.29, 1.82) is 0 Å². The molecule has 0 aliphatic carbocycles. The van der Waals surface area contributed by atoms with E-state index in [1.165, 1.54) is 5.56 Å². The van der Waals surface area contributed by atoms with Gasteiger partial charge in [0.25, 0.3) is 0 Å². The Morgan fingerprint density at radius 1 is 1.18 bits per heavy atom. The van der Waals surface area contributed by atoms with E-state index >= 15 is 0 Å². The third-order valence-corrected chi connectivity index (χ3v) is 3.27. The molecule has 5 heteroatoms. The molecule has 126 valence electrons. The molecule has 0 aliphatic rings. The van der Waals surface area contributed by atoms with E-state index in [1.54, 1.807) is 0 Å². The molecule has 0 radical (unpaired) electrons. The van der Waals surface area contributed by atoms with E-state index < -0.39 is 0 Å². The normalized spacial score (nSPS) is 13.5. The van der Waals surface area contributed by atoms with Gasteiger partial charge in [-0.1, -0.05) is 30.3 Å². The Balaban J connectivity index is 0.00000441. The van der Waals surface area contributed by atoms with Crippen LogP contribution in [0.25, 0.3) is 0 Å². The van der Waals surface area contributed by atoms with E-state index in [-0.39, 0.29) is 29.5 Å². The highest BCUT2D eigenvalue weighted by Gasteiger charge is 2.15. The van der Waals surface area contributed by atoms with Crippen molar-refractivity contribution in [3.05, 3.63) is 35.9 Å². The van der Waals surface area contributed by atoms with Crippen molar-refractivity contribution in [2.24, 2.45) is 4.99 Å². The van der Waals surface area contributed by atoms with Crippen molar-refractivity contribution >= 4 is 29.9 Å². The van der Waals surface area contributed by atoms with Crippen LogP contribution in [-0.4, -0.2) is 50.1 Å². The van der Waals surface area contributed by atoms with Crippen molar-refractivity contribution in [1.82, 2.24) is 15.5 Å². The Kier molecular flexibility index (Phi) is 9.67. The summed E-state index contributed by atoms with van der Waals surface area (Å²) in [4.78, 5) is 6.54. The van der Waals surface area contributed by atoms with Gasteiger partial charge in [0.05, 0.1) is 0 Å². The van der Waals surface area contributed by atoms with Crippen LogP contribution in [0.4, 0.5) is 0 Å². The molecule has 0 saturated carbocycles. The van der Waals surface area contributed by atoms with E-state index in [1.807, 2.05) is 7.05 Å². The molecular weight excluding hydrogens is 387 g/mol. The van der Waals surface area contributed by atoms with Crippen LogP contribution < -0.4 is 10.6 Å². The lowest BCUT2D eigenvalue weighted by Gasteiger charge is -2.28. The third-order valence-electron chi connectivity index (χ3n) is 3.27. The summed E-state index contributed by atoms with van der Waals surface area (Å²) >= 11 is 0. The second-order valence-electron chi connectivity index (χ2n) is 6.64. The molecule has 0 aromatic heterocycles. The van der Waals surface area contributed by atoms with Gasteiger partial charge in [-0.25, -0.2) is 0 Å².